The monoisotopic (exact) mass is 410 g/mol. The molecular formula is C19H17Cl3N2O2. The van der Waals surface area contributed by atoms with Gasteiger partial charge in [0.05, 0.1) is 10.7 Å². The van der Waals surface area contributed by atoms with Gasteiger partial charge in [0.15, 0.2) is 0 Å². The summed E-state index contributed by atoms with van der Waals surface area (Å²) in [5, 5.41) is 4.37. The lowest BCUT2D eigenvalue weighted by atomic mass is 9.95. The second kappa shape index (κ2) is 8.30. The molecule has 2 amide bonds. The molecule has 0 unspecified atom stereocenters. The van der Waals surface area contributed by atoms with Crippen LogP contribution in [0.1, 0.15) is 23.2 Å². The van der Waals surface area contributed by atoms with Crippen molar-refractivity contribution < 1.29 is 9.59 Å². The molecular weight excluding hydrogens is 395 g/mol. The zero-order valence-electron chi connectivity index (χ0n) is 13.8. The first kappa shape index (κ1) is 19.0. The number of carbonyl (C=O) groups excluding carboxylic acids is 2. The Bertz CT molecular complexity index is 816. The Morgan fingerprint density at radius 3 is 2.19 bits per heavy atom. The van der Waals surface area contributed by atoms with Gasteiger partial charge in [-0.2, -0.15) is 0 Å². The highest BCUT2D eigenvalue weighted by Gasteiger charge is 2.28. The second-order valence-corrected chi connectivity index (χ2v) is 7.47. The van der Waals surface area contributed by atoms with Gasteiger partial charge in [0.2, 0.25) is 5.91 Å². The van der Waals surface area contributed by atoms with E-state index in [9.17, 15) is 9.59 Å². The number of likely N-dealkylation sites (tertiary alicyclic amines) is 1. The van der Waals surface area contributed by atoms with Gasteiger partial charge in [0.1, 0.15) is 0 Å². The second-order valence-electron chi connectivity index (χ2n) is 6.19. The summed E-state index contributed by atoms with van der Waals surface area (Å²) in [5.74, 6) is -0.314. The normalized spacial score (nSPS) is 15.0. The molecule has 0 saturated carbocycles. The zero-order chi connectivity index (χ0) is 18.7. The van der Waals surface area contributed by atoms with Gasteiger partial charge >= 0.3 is 0 Å². The van der Waals surface area contributed by atoms with E-state index in [1.807, 2.05) is 0 Å². The van der Waals surface area contributed by atoms with E-state index < -0.39 is 0 Å². The minimum atomic E-state index is -0.167. The average Bonchev–Trinajstić information content (AvgIpc) is 2.65. The summed E-state index contributed by atoms with van der Waals surface area (Å²) in [6.45, 7) is 1.06. The predicted octanol–water partition coefficient (Wildman–Crippen LogP) is 5.14. The van der Waals surface area contributed by atoms with Crippen molar-refractivity contribution >= 4 is 52.3 Å². The van der Waals surface area contributed by atoms with E-state index in [1.54, 1.807) is 47.4 Å². The molecule has 0 radical (unpaired) electrons. The number of hydrogen-bond acceptors (Lipinski definition) is 2. The van der Waals surface area contributed by atoms with Crippen molar-refractivity contribution in [2.75, 3.05) is 18.4 Å². The van der Waals surface area contributed by atoms with Gasteiger partial charge in [-0.15, -0.1) is 0 Å². The minimum absolute atomic E-state index is 0.0431. The first-order valence-corrected chi connectivity index (χ1v) is 9.38. The lowest BCUT2D eigenvalue weighted by molar-refractivity contribution is -0.121. The molecule has 7 heteroatoms. The smallest absolute Gasteiger partial charge is 0.253 e. The van der Waals surface area contributed by atoms with Crippen LogP contribution in [0.4, 0.5) is 5.69 Å². The molecule has 2 aromatic rings. The topological polar surface area (TPSA) is 49.4 Å². The van der Waals surface area contributed by atoms with E-state index in [-0.39, 0.29) is 17.7 Å². The molecule has 0 aliphatic carbocycles. The summed E-state index contributed by atoms with van der Waals surface area (Å²) in [6, 6.07) is 11.8. The van der Waals surface area contributed by atoms with Crippen LogP contribution in [0.5, 0.6) is 0 Å². The van der Waals surface area contributed by atoms with Crippen LogP contribution in [-0.2, 0) is 4.79 Å². The van der Waals surface area contributed by atoms with Crippen LogP contribution in [0.3, 0.4) is 0 Å². The minimum Gasteiger partial charge on any atom is -0.339 e. The van der Waals surface area contributed by atoms with Gasteiger partial charge in [-0.05, 0) is 55.3 Å². The maximum absolute atomic E-state index is 12.5. The van der Waals surface area contributed by atoms with Crippen LogP contribution in [0, 0.1) is 5.92 Å². The van der Waals surface area contributed by atoms with Crippen LogP contribution in [0.15, 0.2) is 42.5 Å². The van der Waals surface area contributed by atoms with Gasteiger partial charge in [0.25, 0.3) is 5.91 Å². The van der Waals surface area contributed by atoms with Crippen molar-refractivity contribution in [1.29, 1.82) is 0 Å². The van der Waals surface area contributed by atoms with Crippen LogP contribution >= 0.6 is 34.8 Å². The molecule has 3 rings (SSSR count). The van der Waals surface area contributed by atoms with Crippen LogP contribution in [-0.4, -0.2) is 29.8 Å². The molecule has 26 heavy (non-hydrogen) atoms. The number of amides is 2. The number of carbonyl (C=O) groups is 2. The van der Waals surface area contributed by atoms with Crippen LogP contribution in [0.2, 0.25) is 15.1 Å². The van der Waals surface area contributed by atoms with Crippen molar-refractivity contribution in [2.45, 2.75) is 12.8 Å². The van der Waals surface area contributed by atoms with Crippen molar-refractivity contribution in [3.63, 3.8) is 0 Å². The summed E-state index contributed by atoms with van der Waals surface area (Å²) >= 11 is 17.9. The summed E-state index contributed by atoms with van der Waals surface area (Å²) in [6.07, 6.45) is 1.20. The maximum atomic E-state index is 12.5. The average molecular weight is 412 g/mol. The highest BCUT2D eigenvalue weighted by Crippen LogP contribution is 2.27. The number of nitrogens with zero attached hydrogens (tertiary/aromatic N) is 1. The SMILES string of the molecule is O=C(Nc1cc(Cl)ccc1Cl)C1CCN(C(=O)c2ccc(Cl)cc2)CC1. The van der Waals surface area contributed by atoms with E-state index in [0.717, 1.165) is 0 Å². The molecule has 136 valence electrons. The first-order valence-electron chi connectivity index (χ1n) is 8.25. The van der Waals surface area contributed by atoms with E-state index in [2.05, 4.69) is 5.32 Å². The van der Waals surface area contributed by atoms with Crippen LogP contribution < -0.4 is 5.32 Å². The fourth-order valence-electron chi connectivity index (χ4n) is 2.95. The summed E-state index contributed by atoms with van der Waals surface area (Å²) in [5.41, 5.74) is 1.10. The Labute approximate surface area is 167 Å². The molecule has 0 bridgehead atoms. The number of anilines is 1. The maximum Gasteiger partial charge on any atom is 0.253 e. The molecule has 1 fully saturated rings. The predicted molar refractivity (Wildman–Crippen MR) is 105 cm³/mol. The Morgan fingerprint density at radius 1 is 0.923 bits per heavy atom. The molecule has 1 heterocycles. The molecule has 0 atom stereocenters. The molecule has 1 N–H and O–H groups in total. The van der Waals surface area contributed by atoms with Crippen molar-refractivity contribution in [2.24, 2.45) is 5.92 Å². The zero-order valence-corrected chi connectivity index (χ0v) is 16.1. The number of rotatable bonds is 3. The molecule has 0 spiro atoms. The van der Waals surface area contributed by atoms with Gasteiger partial charge in [-0.1, -0.05) is 34.8 Å². The Balaban J connectivity index is 1.57. The van der Waals surface area contributed by atoms with Gasteiger partial charge < -0.3 is 10.2 Å². The van der Waals surface area contributed by atoms with Gasteiger partial charge in [-0.3, -0.25) is 9.59 Å². The third kappa shape index (κ3) is 4.50. The fourth-order valence-corrected chi connectivity index (χ4v) is 3.41. The summed E-state index contributed by atoms with van der Waals surface area (Å²) in [4.78, 5) is 26.8. The van der Waals surface area contributed by atoms with Crippen molar-refractivity contribution in [3.05, 3.63) is 63.1 Å². The van der Waals surface area contributed by atoms with Crippen molar-refractivity contribution in [1.82, 2.24) is 4.90 Å². The van der Waals surface area contributed by atoms with E-state index in [1.165, 1.54) is 0 Å². The largest absolute Gasteiger partial charge is 0.339 e. The number of benzene rings is 2. The summed E-state index contributed by atoms with van der Waals surface area (Å²) < 4.78 is 0. The van der Waals surface area contributed by atoms with Crippen LogP contribution in [0.25, 0.3) is 0 Å². The van der Waals surface area contributed by atoms with Crippen molar-refractivity contribution in [3.8, 4) is 0 Å². The summed E-state index contributed by atoms with van der Waals surface area (Å²) in [7, 11) is 0. The number of hydrogen-bond donors (Lipinski definition) is 1. The molecule has 1 aliphatic heterocycles. The molecule has 0 aromatic heterocycles. The molecule has 1 aliphatic rings. The first-order chi connectivity index (χ1) is 12.4. The van der Waals surface area contributed by atoms with E-state index in [4.69, 9.17) is 34.8 Å². The Morgan fingerprint density at radius 2 is 1.54 bits per heavy atom. The third-order valence-electron chi connectivity index (χ3n) is 4.43. The van der Waals surface area contributed by atoms with Gasteiger partial charge in [0, 0.05) is 34.6 Å². The number of halogens is 3. The highest BCUT2D eigenvalue weighted by atomic mass is 35.5. The Hall–Kier alpha value is -1.75. The lowest BCUT2D eigenvalue weighted by Crippen LogP contribution is -2.41. The highest BCUT2D eigenvalue weighted by molar-refractivity contribution is 6.35. The Kier molecular flexibility index (Phi) is 6.07. The number of nitrogens with one attached hydrogen (secondary N) is 1. The third-order valence-corrected chi connectivity index (χ3v) is 5.25. The molecule has 4 nitrogen and oxygen atoms in total. The lowest BCUT2D eigenvalue weighted by Gasteiger charge is -2.31. The van der Waals surface area contributed by atoms with E-state index in [0.29, 0.717) is 52.2 Å². The van der Waals surface area contributed by atoms with Gasteiger partial charge in [-0.25, -0.2) is 0 Å². The molecule has 1 saturated heterocycles. The fraction of sp³-hybridized carbons (Fsp3) is 0.263. The van der Waals surface area contributed by atoms with E-state index >= 15 is 0 Å². The quantitative estimate of drug-likeness (QED) is 0.760. The number of piperidine rings is 1. The standard InChI is InChI=1S/C19H17Cl3N2O2/c20-14-3-1-13(2-4-14)19(26)24-9-7-12(8-10-24)18(25)23-17-11-15(21)5-6-16(17)22/h1-6,11-12H,7-10H2,(H,23,25). The molecule has 2 aromatic carbocycles.